The van der Waals surface area contributed by atoms with Gasteiger partial charge in [0, 0.05) is 12.2 Å². The summed E-state index contributed by atoms with van der Waals surface area (Å²) in [5.74, 6) is 0.494. The fraction of sp³-hybridized carbons (Fsp3) is 0.353. The van der Waals surface area contributed by atoms with Crippen LogP contribution in [0, 0.1) is 5.82 Å². The lowest BCUT2D eigenvalue weighted by molar-refractivity contribution is 0.233. The molecule has 132 valence electrons. The number of fused-ring (bicyclic) bond motifs is 1. The largest absolute Gasteiger partial charge is 0.394 e. The van der Waals surface area contributed by atoms with Crippen LogP contribution < -0.4 is 10.6 Å². The molecule has 0 bridgehead atoms. The summed E-state index contributed by atoms with van der Waals surface area (Å²) in [6.07, 6.45) is 1.69. The highest BCUT2D eigenvalue weighted by Crippen LogP contribution is 2.25. The Morgan fingerprint density at radius 3 is 2.76 bits per heavy atom. The topological polar surface area (TPSA) is 87.9 Å². The fourth-order valence-corrected chi connectivity index (χ4v) is 2.36. The molecule has 0 aliphatic carbocycles. The number of aryl methyl sites for hydroxylation is 1. The van der Waals surface area contributed by atoms with E-state index in [1.54, 1.807) is 18.5 Å². The SMILES string of the molecule is CCn1cnc2c(Nc3cccc(F)c3)nc(NC(C)(C)CO)nc21. The molecule has 0 amide bonds. The Bertz CT molecular complexity index is 892. The molecule has 3 N–H and O–H groups in total. The third-order valence-corrected chi connectivity index (χ3v) is 3.74. The van der Waals surface area contributed by atoms with Crippen LogP contribution in [0.4, 0.5) is 21.8 Å². The summed E-state index contributed by atoms with van der Waals surface area (Å²) in [5, 5.41) is 15.7. The van der Waals surface area contributed by atoms with Crippen LogP contribution in [0.25, 0.3) is 11.2 Å². The van der Waals surface area contributed by atoms with Crippen molar-refractivity contribution in [3.8, 4) is 0 Å². The van der Waals surface area contributed by atoms with Crippen LogP contribution in [0.1, 0.15) is 20.8 Å². The van der Waals surface area contributed by atoms with Crippen LogP contribution in [0.3, 0.4) is 0 Å². The zero-order chi connectivity index (χ0) is 18.0. The van der Waals surface area contributed by atoms with Gasteiger partial charge < -0.3 is 20.3 Å². The van der Waals surface area contributed by atoms with E-state index in [1.807, 2.05) is 25.3 Å². The first-order valence-electron chi connectivity index (χ1n) is 8.06. The van der Waals surface area contributed by atoms with E-state index < -0.39 is 5.54 Å². The van der Waals surface area contributed by atoms with Crippen molar-refractivity contribution in [3.05, 3.63) is 36.4 Å². The van der Waals surface area contributed by atoms with Gasteiger partial charge in [0.2, 0.25) is 5.95 Å². The lowest BCUT2D eigenvalue weighted by atomic mass is 10.1. The predicted molar refractivity (Wildman–Crippen MR) is 95.5 cm³/mol. The average molecular weight is 344 g/mol. The van der Waals surface area contributed by atoms with Crippen LogP contribution in [0.5, 0.6) is 0 Å². The summed E-state index contributed by atoms with van der Waals surface area (Å²) >= 11 is 0. The second-order valence-electron chi connectivity index (χ2n) is 6.40. The molecule has 3 aromatic rings. The maximum absolute atomic E-state index is 13.5. The number of benzene rings is 1. The van der Waals surface area contributed by atoms with Crippen molar-refractivity contribution in [1.29, 1.82) is 0 Å². The van der Waals surface area contributed by atoms with Crippen molar-refractivity contribution in [2.24, 2.45) is 0 Å². The summed E-state index contributed by atoms with van der Waals surface area (Å²) in [7, 11) is 0. The predicted octanol–water partition coefficient (Wildman–Crippen LogP) is 2.91. The summed E-state index contributed by atoms with van der Waals surface area (Å²) in [6.45, 7) is 6.31. The number of rotatable bonds is 6. The van der Waals surface area contributed by atoms with E-state index >= 15 is 0 Å². The molecule has 0 aliphatic heterocycles. The Morgan fingerprint density at radius 1 is 1.28 bits per heavy atom. The molecule has 1 aromatic carbocycles. The van der Waals surface area contributed by atoms with Crippen LogP contribution in [-0.4, -0.2) is 36.8 Å². The minimum atomic E-state index is -0.582. The maximum Gasteiger partial charge on any atom is 0.227 e. The molecule has 2 heterocycles. The highest BCUT2D eigenvalue weighted by molar-refractivity contribution is 5.86. The monoisotopic (exact) mass is 344 g/mol. The molecular formula is C17H21FN6O. The second-order valence-corrected chi connectivity index (χ2v) is 6.40. The Hall–Kier alpha value is -2.74. The summed E-state index contributed by atoms with van der Waals surface area (Å²) in [6, 6.07) is 6.13. The third kappa shape index (κ3) is 3.69. The second kappa shape index (κ2) is 6.64. The number of imidazole rings is 1. The maximum atomic E-state index is 13.5. The standard InChI is InChI=1S/C17H21FN6O/c1-4-24-10-19-13-14(20-12-7-5-6-11(18)8-12)21-16(22-15(13)24)23-17(2,3)9-25/h5-8,10,25H,4,9H2,1-3H3,(H2,20,21,22,23). The molecule has 0 saturated carbocycles. The van der Waals surface area contributed by atoms with Gasteiger partial charge in [-0.3, -0.25) is 0 Å². The van der Waals surface area contributed by atoms with Crippen LogP contribution in [0.15, 0.2) is 30.6 Å². The molecule has 2 aromatic heterocycles. The number of nitrogens with one attached hydrogen (secondary N) is 2. The van der Waals surface area contributed by atoms with Crippen molar-refractivity contribution in [2.45, 2.75) is 32.9 Å². The molecule has 0 saturated heterocycles. The highest BCUT2D eigenvalue weighted by Gasteiger charge is 2.20. The van der Waals surface area contributed by atoms with Crippen molar-refractivity contribution in [2.75, 3.05) is 17.2 Å². The van der Waals surface area contributed by atoms with Gasteiger partial charge >= 0.3 is 0 Å². The van der Waals surface area contributed by atoms with Gasteiger partial charge in [0.15, 0.2) is 17.0 Å². The van der Waals surface area contributed by atoms with E-state index in [1.165, 1.54) is 12.1 Å². The molecule has 7 nitrogen and oxygen atoms in total. The van der Waals surface area contributed by atoms with Crippen LogP contribution >= 0.6 is 0 Å². The first kappa shape index (κ1) is 17.1. The molecule has 0 spiro atoms. The third-order valence-electron chi connectivity index (χ3n) is 3.74. The zero-order valence-electron chi connectivity index (χ0n) is 14.4. The van der Waals surface area contributed by atoms with E-state index in [9.17, 15) is 9.50 Å². The van der Waals surface area contributed by atoms with Gasteiger partial charge in [-0.15, -0.1) is 0 Å². The van der Waals surface area contributed by atoms with Gasteiger partial charge in [-0.2, -0.15) is 9.97 Å². The summed E-state index contributed by atoms with van der Waals surface area (Å²) in [4.78, 5) is 13.3. The Morgan fingerprint density at radius 2 is 2.08 bits per heavy atom. The van der Waals surface area contributed by atoms with Gasteiger partial charge in [-0.05, 0) is 39.0 Å². The van der Waals surface area contributed by atoms with Gasteiger partial charge in [-0.25, -0.2) is 9.37 Å². The number of hydrogen-bond donors (Lipinski definition) is 3. The van der Waals surface area contributed by atoms with E-state index in [4.69, 9.17) is 0 Å². The Balaban J connectivity index is 2.07. The van der Waals surface area contributed by atoms with Gasteiger partial charge in [-0.1, -0.05) is 6.07 Å². The number of nitrogens with zero attached hydrogens (tertiary/aromatic N) is 4. The van der Waals surface area contributed by atoms with Crippen molar-refractivity contribution >= 4 is 28.6 Å². The normalized spacial score (nSPS) is 11.7. The first-order chi connectivity index (χ1) is 11.9. The van der Waals surface area contributed by atoms with E-state index in [-0.39, 0.29) is 12.4 Å². The van der Waals surface area contributed by atoms with E-state index in [0.29, 0.717) is 35.2 Å². The average Bonchev–Trinajstić information content (AvgIpc) is 2.98. The fourth-order valence-electron chi connectivity index (χ4n) is 2.36. The lowest BCUT2D eigenvalue weighted by Gasteiger charge is -2.23. The molecule has 0 aliphatic rings. The lowest BCUT2D eigenvalue weighted by Crippen LogP contribution is -2.35. The van der Waals surface area contributed by atoms with Gasteiger partial charge in [0.05, 0.1) is 18.5 Å². The van der Waals surface area contributed by atoms with Crippen molar-refractivity contribution in [3.63, 3.8) is 0 Å². The van der Waals surface area contributed by atoms with Crippen molar-refractivity contribution < 1.29 is 9.50 Å². The summed E-state index contributed by atoms with van der Waals surface area (Å²) in [5.41, 5.74) is 1.24. The van der Waals surface area contributed by atoms with E-state index in [2.05, 4.69) is 25.6 Å². The minimum absolute atomic E-state index is 0.0753. The number of aliphatic hydroxyl groups excluding tert-OH is 1. The zero-order valence-corrected chi connectivity index (χ0v) is 14.4. The molecule has 0 atom stereocenters. The molecule has 0 fully saturated rings. The minimum Gasteiger partial charge on any atom is -0.394 e. The van der Waals surface area contributed by atoms with Crippen LogP contribution in [-0.2, 0) is 6.54 Å². The molecule has 3 rings (SSSR count). The molecule has 25 heavy (non-hydrogen) atoms. The number of anilines is 3. The molecule has 0 radical (unpaired) electrons. The highest BCUT2D eigenvalue weighted by atomic mass is 19.1. The van der Waals surface area contributed by atoms with Crippen molar-refractivity contribution in [1.82, 2.24) is 19.5 Å². The molecule has 8 heteroatoms. The molecule has 0 unspecified atom stereocenters. The quantitative estimate of drug-likeness (QED) is 0.637. The summed E-state index contributed by atoms with van der Waals surface area (Å²) < 4.78 is 15.4. The Kier molecular flexibility index (Phi) is 4.54. The smallest absolute Gasteiger partial charge is 0.227 e. The number of aliphatic hydroxyl groups is 1. The first-order valence-corrected chi connectivity index (χ1v) is 8.06. The van der Waals surface area contributed by atoms with Crippen LogP contribution in [0.2, 0.25) is 0 Å². The number of hydrogen-bond acceptors (Lipinski definition) is 6. The number of aromatic nitrogens is 4. The van der Waals surface area contributed by atoms with Gasteiger partial charge in [0.1, 0.15) is 5.82 Å². The number of halogens is 1. The van der Waals surface area contributed by atoms with Gasteiger partial charge in [0.25, 0.3) is 0 Å². The Labute approximate surface area is 144 Å². The molecular weight excluding hydrogens is 323 g/mol. The van der Waals surface area contributed by atoms with E-state index in [0.717, 1.165) is 0 Å².